The van der Waals surface area contributed by atoms with Gasteiger partial charge in [0.25, 0.3) is 5.91 Å². The van der Waals surface area contributed by atoms with E-state index >= 15 is 0 Å². The van der Waals surface area contributed by atoms with Crippen molar-refractivity contribution in [3.63, 3.8) is 0 Å². The van der Waals surface area contributed by atoms with E-state index in [1.165, 1.54) is 0 Å². The number of aryl methyl sites for hydroxylation is 2. The average molecular weight is 249 g/mol. The average Bonchev–Trinajstić information content (AvgIpc) is 2.23. The summed E-state index contributed by atoms with van der Waals surface area (Å²) in [5.74, 6) is -1.51. The number of nitrogens with one attached hydrogen (secondary N) is 1. The molecule has 0 aromatic heterocycles. The molecule has 0 aliphatic heterocycles. The van der Waals surface area contributed by atoms with Gasteiger partial charge in [-0.25, -0.2) is 4.79 Å². The first kappa shape index (κ1) is 14.2. The summed E-state index contributed by atoms with van der Waals surface area (Å²) in [4.78, 5) is 23.0. The molecule has 2 N–H and O–H groups in total. The van der Waals surface area contributed by atoms with Crippen molar-refractivity contribution < 1.29 is 14.7 Å². The number of hydrogen-bond acceptors (Lipinski definition) is 2. The minimum Gasteiger partial charge on any atom is -0.480 e. The molecule has 0 aliphatic carbocycles. The summed E-state index contributed by atoms with van der Waals surface area (Å²) < 4.78 is 0. The Morgan fingerprint density at radius 3 is 2.00 bits per heavy atom. The molecule has 1 amide bonds. The van der Waals surface area contributed by atoms with Gasteiger partial charge in [-0.05, 0) is 31.9 Å². The normalized spacial score (nSPS) is 12.3. The highest BCUT2D eigenvalue weighted by Crippen LogP contribution is 2.10. The zero-order chi connectivity index (χ0) is 13.9. The zero-order valence-corrected chi connectivity index (χ0v) is 11.2. The molecule has 0 radical (unpaired) electrons. The summed E-state index contributed by atoms with van der Waals surface area (Å²) in [6, 6.07) is 4.61. The second-order valence-corrected chi connectivity index (χ2v) is 4.91. The smallest absolute Gasteiger partial charge is 0.326 e. The van der Waals surface area contributed by atoms with Crippen LogP contribution in [0.25, 0.3) is 0 Å². The van der Waals surface area contributed by atoms with Crippen LogP contribution in [0.2, 0.25) is 0 Å². The largest absolute Gasteiger partial charge is 0.480 e. The number of hydrogen-bond donors (Lipinski definition) is 2. The van der Waals surface area contributed by atoms with Crippen molar-refractivity contribution in [2.75, 3.05) is 0 Å². The maximum Gasteiger partial charge on any atom is 0.326 e. The van der Waals surface area contributed by atoms with Gasteiger partial charge in [-0.2, -0.15) is 0 Å². The summed E-state index contributed by atoms with van der Waals surface area (Å²) in [6.45, 7) is 7.34. The molecule has 1 atom stereocenters. The molecule has 98 valence electrons. The highest BCUT2D eigenvalue weighted by Gasteiger charge is 2.23. The molecular weight excluding hydrogens is 230 g/mol. The van der Waals surface area contributed by atoms with Gasteiger partial charge in [-0.15, -0.1) is 0 Å². The standard InChI is InChI=1S/C14H19NO3/c1-8(2)12(14(17)18)15-13(16)11-6-9(3)5-10(4)7-11/h5-8,12H,1-4H3,(H,15,16)(H,17,18). The summed E-state index contributed by atoms with van der Waals surface area (Å²) in [5, 5.41) is 11.6. The minimum absolute atomic E-state index is 0.155. The molecule has 0 saturated heterocycles. The number of carbonyl (C=O) groups is 2. The lowest BCUT2D eigenvalue weighted by molar-refractivity contribution is -0.140. The van der Waals surface area contributed by atoms with E-state index in [0.29, 0.717) is 5.56 Å². The second kappa shape index (κ2) is 5.67. The highest BCUT2D eigenvalue weighted by molar-refractivity contribution is 5.96. The van der Waals surface area contributed by atoms with Crippen LogP contribution in [0.4, 0.5) is 0 Å². The van der Waals surface area contributed by atoms with Crippen molar-refractivity contribution >= 4 is 11.9 Å². The molecule has 4 nitrogen and oxygen atoms in total. The molecular formula is C14H19NO3. The van der Waals surface area contributed by atoms with Gasteiger partial charge < -0.3 is 10.4 Å². The third-order valence-electron chi connectivity index (χ3n) is 2.70. The van der Waals surface area contributed by atoms with Gasteiger partial charge in [-0.3, -0.25) is 4.79 Å². The van der Waals surface area contributed by atoms with Crippen LogP contribution in [0.5, 0.6) is 0 Å². The number of amides is 1. The molecule has 0 fully saturated rings. The van der Waals surface area contributed by atoms with E-state index in [4.69, 9.17) is 5.11 Å². The fourth-order valence-corrected chi connectivity index (χ4v) is 1.84. The van der Waals surface area contributed by atoms with Crippen LogP contribution in [-0.2, 0) is 4.79 Å². The first-order valence-electron chi connectivity index (χ1n) is 5.93. The van der Waals surface area contributed by atoms with Crippen molar-refractivity contribution in [1.82, 2.24) is 5.32 Å². The van der Waals surface area contributed by atoms with Crippen LogP contribution in [0.15, 0.2) is 18.2 Å². The number of rotatable bonds is 4. The molecule has 1 unspecified atom stereocenters. The van der Waals surface area contributed by atoms with E-state index in [2.05, 4.69) is 5.32 Å². The Bertz CT molecular complexity index is 446. The maximum atomic E-state index is 12.0. The Hall–Kier alpha value is -1.84. The predicted molar refractivity (Wildman–Crippen MR) is 69.6 cm³/mol. The third kappa shape index (κ3) is 3.58. The Balaban J connectivity index is 2.90. The van der Waals surface area contributed by atoms with Gasteiger partial charge >= 0.3 is 5.97 Å². The Morgan fingerprint density at radius 2 is 1.61 bits per heavy atom. The van der Waals surface area contributed by atoms with Crippen molar-refractivity contribution in [1.29, 1.82) is 0 Å². The van der Waals surface area contributed by atoms with E-state index < -0.39 is 12.0 Å². The lowest BCUT2D eigenvalue weighted by Crippen LogP contribution is -2.44. The van der Waals surface area contributed by atoms with Gasteiger partial charge in [0.05, 0.1) is 0 Å². The monoisotopic (exact) mass is 249 g/mol. The summed E-state index contributed by atoms with van der Waals surface area (Å²) in [5.41, 5.74) is 2.47. The predicted octanol–water partition coefficient (Wildman–Crippen LogP) is 2.14. The zero-order valence-electron chi connectivity index (χ0n) is 11.2. The molecule has 0 spiro atoms. The van der Waals surface area contributed by atoms with Gasteiger partial charge in [0.1, 0.15) is 6.04 Å². The van der Waals surface area contributed by atoms with Crippen molar-refractivity contribution in [2.24, 2.45) is 5.92 Å². The first-order valence-corrected chi connectivity index (χ1v) is 5.93. The molecule has 1 aromatic rings. The Morgan fingerprint density at radius 1 is 1.11 bits per heavy atom. The van der Waals surface area contributed by atoms with Crippen molar-refractivity contribution in [3.05, 3.63) is 34.9 Å². The number of carboxylic acid groups (broad SMARTS) is 1. The lowest BCUT2D eigenvalue weighted by atomic mass is 10.0. The van der Waals surface area contributed by atoms with Crippen LogP contribution >= 0.6 is 0 Å². The van der Waals surface area contributed by atoms with Gasteiger partial charge in [0, 0.05) is 5.56 Å². The molecule has 0 bridgehead atoms. The van der Waals surface area contributed by atoms with Crippen LogP contribution < -0.4 is 5.32 Å². The number of carboxylic acids is 1. The van der Waals surface area contributed by atoms with Crippen molar-refractivity contribution in [2.45, 2.75) is 33.7 Å². The van der Waals surface area contributed by atoms with Gasteiger partial charge in [0.15, 0.2) is 0 Å². The van der Waals surface area contributed by atoms with E-state index in [9.17, 15) is 9.59 Å². The molecule has 0 saturated carbocycles. The maximum absolute atomic E-state index is 12.0. The molecule has 1 rings (SSSR count). The fourth-order valence-electron chi connectivity index (χ4n) is 1.84. The van der Waals surface area contributed by atoms with E-state index in [1.807, 2.05) is 19.9 Å². The van der Waals surface area contributed by atoms with Crippen LogP contribution in [0.3, 0.4) is 0 Å². The molecule has 18 heavy (non-hydrogen) atoms. The third-order valence-corrected chi connectivity index (χ3v) is 2.70. The number of carbonyl (C=O) groups excluding carboxylic acids is 1. The Labute approximate surface area is 107 Å². The Kier molecular flexibility index (Phi) is 4.48. The van der Waals surface area contributed by atoms with Gasteiger partial charge in [-0.1, -0.05) is 31.0 Å². The number of benzene rings is 1. The van der Waals surface area contributed by atoms with Gasteiger partial charge in [0.2, 0.25) is 0 Å². The number of aliphatic carboxylic acids is 1. The first-order chi connectivity index (χ1) is 8.31. The minimum atomic E-state index is -1.01. The quantitative estimate of drug-likeness (QED) is 0.859. The highest BCUT2D eigenvalue weighted by atomic mass is 16.4. The molecule has 1 aromatic carbocycles. The van der Waals surface area contributed by atoms with E-state index in [0.717, 1.165) is 11.1 Å². The second-order valence-electron chi connectivity index (χ2n) is 4.91. The summed E-state index contributed by atoms with van der Waals surface area (Å²) >= 11 is 0. The van der Waals surface area contributed by atoms with Crippen LogP contribution in [0, 0.1) is 19.8 Å². The van der Waals surface area contributed by atoms with E-state index in [1.54, 1.807) is 26.0 Å². The lowest BCUT2D eigenvalue weighted by Gasteiger charge is -2.18. The molecule has 0 aliphatic rings. The molecule has 0 heterocycles. The summed E-state index contributed by atoms with van der Waals surface area (Å²) in [6.07, 6.45) is 0. The van der Waals surface area contributed by atoms with Crippen LogP contribution in [0.1, 0.15) is 35.3 Å². The molecule has 4 heteroatoms. The fraction of sp³-hybridized carbons (Fsp3) is 0.429. The van der Waals surface area contributed by atoms with Crippen molar-refractivity contribution in [3.8, 4) is 0 Å². The SMILES string of the molecule is Cc1cc(C)cc(C(=O)NC(C(=O)O)C(C)C)c1. The topological polar surface area (TPSA) is 66.4 Å². The van der Waals surface area contributed by atoms with Crippen LogP contribution in [-0.4, -0.2) is 23.0 Å². The summed E-state index contributed by atoms with van der Waals surface area (Å²) in [7, 11) is 0. The van der Waals surface area contributed by atoms with E-state index in [-0.39, 0.29) is 11.8 Å².